The quantitative estimate of drug-likeness (QED) is 0.814. The Morgan fingerprint density at radius 2 is 1.78 bits per heavy atom. The molecule has 1 heterocycles. The minimum Gasteiger partial charge on any atom is -0.493 e. The van der Waals surface area contributed by atoms with Gasteiger partial charge in [0.1, 0.15) is 0 Å². The van der Waals surface area contributed by atoms with Crippen molar-refractivity contribution < 1.29 is 19.1 Å². The summed E-state index contributed by atoms with van der Waals surface area (Å²) in [4.78, 5) is 27.0. The lowest BCUT2D eigenvalue weighted by molar-refractivity contribution is -0.125. The molecule has 7 nitrogen and oxygen atoms in total. The minimum absolute atomic E-state index is 0.0255. The van der Waals surface area contributed by atoms with E-state index in [9.17, 15) is 9.59 Å². The third kappa shape index (κ3) is 4.53. The fraction of sp³-hybridized carbons (Fsp3) is 0.600. The molecule has 1 aliphatic heterocycles. The molecule has 1 aromatic carbocycles. The SMILES string of the molecule is COc1ccc(C(=O)N2CCC(NC(=O)C3CCC(N)C3)CC2)cc1OC. The summed E-state index contributed by atoms with van der Waals surface area (Å²) in [5, 5.41) is 3.14. The van der Waals surface area contributed by atoms with Crippen molar-refractivity contribution in [2.45, 2.75) is 44.2 Å². The normalized spacial score (nSPS) is 23.1. The van der Waals surface area contributed by atoms with Gasteiger partial charge in [0.15, 0.2) is 11.5 Å². The first-order chi connectivity index (χ1) is 13.0. The first-order valence-corrected chi connectivity index (χ1v) is 9.59. The van der Waals surface area contributed by atoms with Crippen LogP contribution in [0.1, 0.15) is 42.5 Å². The third-order valence-corrected chi connectivity index (χ3v) is 5.60. The fourth-order valence-corrected chi connectivity index (χ4v) is 3.95. The van der Waals surface area contributed by atoms with E-state index in [2.05, 4.69) is 5.32 Å². The highest BCUT2D eigenvalue weighted by atomic mass is 16.5. The Bertz CT molecular complexity index is 686. The number of carbonyl (C=O) groups is 2. The second kappa shape index (κ2) is 8.61. The number of hydrogen-bond donors (Lipinski definition) is 2. The number of methoxy groups -OCH3 is 2. The Morgan fingerprint density at radius 1 is 1.07 bits per heavy atom. The molecule has 1 aliphatic carbocycles. The highest BCUT2D eigenvalue weighted by molar-refractivity contribution is 5.95. The molecule has 7 heteroatoms. The molecule has 1 saturated carbocycles. The van der Waals surface area contributed by atoms with Gasteiger partial charge in [0.25, 0.3) is 5.91 Å². The number of ether oxygens (including phenoxy) is 2. The summed E-state index contributed by atoms with van der Waals surface area (Å²) in [6, 6.07) is 5.48. The van der Waals surface area contributed by atoms with Gasteiger partial charge >= 0.3 is 0 Å². The molecule has 0 radical (unpaired) electrons. The third-order valence-electron chi connectivity index (χ3n) is 5.60. The number of nitrogens with two attached hydrogens (primary N) is 1. The molecular weight excluding hydrogens is 346 g/mol. The number of nitrogens with one attached hydrogen (secondary N) is 1. The molecule has 0 aromatic heterocycles. The summed E-state index contributed by atoms with van der Waals surface area (Å²) < 4.78 is 10.5. The monoisotopic (exact) mass is 375 g/mol. The summed E-state index contributed by atoms with van der Waals surface area (Å²) in [6.07, 6.45) is 4.12. The lowest BCUT2D eigenvalue weighted by Gasteiger charge is -2.33. The lowest BCUT2D eigenvalue weighted by Crippen LogP contribution is -2.47. The van der Waals surface area contributed by atoms with Crippen LogP contribution < -0.4 is 20.5 Å². The van der Waals surface area contributed by atoms with Gasteiger partial charge in [0, 0.05) is 36.7 Å². The number of amides is 2. The summed E-state index contributed by atoms with van der Waals surface area (Å²) >= 11 is 0. The molecule has 2 aliphatic rings. The van der Waals surface area contributed by atoms with Crippen molar-refractivity contribution in [1.29, 1.82) is 0 Å². The first kappa shape index (κ1) is 19.5. The Labute approximate surface area is 160 Å². The molecule has 1 saturated heterocycles. The van der Waals surface area contributed by atoms with Crippen molar-refractivity contribution >= 4 is 11.8 Å². The molecule has 0 spiro atoms. The zero-order valence-electron chi connectivity index (χ0n) is 16.1. The van der Waals surface area contributed by atoms with E-state index in [1.807, 2.05) is 4.90 Å². The number of rotatable bonds is 5. The van der Waals surface area contributed by atoms with Crippen molar-refractivity contribution in [2.75, 3.05) is 27.3 Å². The molecule has 2 amide bonds. The van der Waals surface area contributed by atoms with Gasteiger partial charge in [-0.05, 0) is 50.3 Å². The predicted octanol–water partition coefficient (Wildman–Crippen LogP) is 1.55. The maximum Gasteiger partial charge on any atom is 0.253 e. The minimum atomic E-state index is -0.0255. The van der Waals surface area contributed by atoms with Crippen LogP contribution >= 0.6 is 0 Å². The summed E-state index contributed by atoms with van der Waals surface area (Å²) in [5.41, 5.74) is 6.48. The number of hydrogen-bond acceptors (Lipinski definition) is 5. The van der Waals surface area contributed by atoms with E-state index in [1.54, 1.807) is 32.4 Å². The molecule has 2 unspecified atom stereocenters. The molecule has 0 bridgehead atoms. The van der Waals surface area contributed by atoms with Gasteiger partial charge < -0.3 is 25.4 Å². The van der Waals surface area contributed by atoms with Crippen molar-refractivity contribution in [1.82, 2.24) is 10.2 Å². The molecular formula is C20H29N3O4. The van der Waals surface area contributed by atoms with Crippen molar-refractivity contribution in [3.8, 4) is 11.5 Å². The topological polar surface area (TPSA) is 93.9 Å². The van der Waals surface area contributed by atoms with E-state index < -0.39 is 0 Å². The number of nitrogens with zero attached hydrogens (tertiary/aromatic N) is 1. The second-order valence-electron chi connectivity index (χ2n) is 7.41. The predicted molar refractivity (Wildman–Crippen MR) is 102 cm³/mol. The van der Waals surface area contributed by atoms with Crippen LogP contribution in [0.5, 0.6) is 11.5 Å². The van der Waals surface area contributed by atoms with Gasteiger partial charge in [-0.1, -0.05) is 0 Å². The molecule has 2 atom stereocenters. The van der Waals surface area contributed by atoms with Crippen molar-refractivity contribution in [2.24, 2.45) is 11.7 Å². The Kier molecular flexibility index (Phi) is 6.21. The number of benzene rings is 1. The Morgan fingerprint density at radius 3 is 2.37 bits per heavy atom. The Balaban J connectivity index is 1.53. The maximum atomic E-state index is 12.8. The number of carbonyl (C=O) groups excluding carboxylic acids is 2. The standard InChI is InChI=1S/C20H29N3O4/c1-26-17-6-4-14(12-18(17)27-2)20(25)23-9-7-16(8-10-23)22-19(24)13-3-5-15(21)11-13/h4,6,12-13,15-16H,3,5,7-11,21H2,1-2H3,(H,22,24). The fourth-order valence-electron chi connectivity index (χ4n) is 3.95. The summed E-state index contributed by atoms with van der Waals surface area (Å²) in [5.74, 6) is 1.28. The molecule has 3 rings (SSSR count). The van der Waals surface area contributed by atoms with Crippen LogP contribution in [0, 0.1) is 5.92 Å². The highest BCUT2D eigenvalue weighted by Crippen LogP contribution is 2.29. The lowest BCUT2D eigenvalue weighted by atomic mass is 10.0. The second-order valence-corrected chi connectivity index (χ2v) is 7.41. The maximum absolute atomic E-state index is 12.8. The van der Waals surface area contributed by atoms with Gasteiger partial charge in [-0.3, -0.25) is 9.59 Å². The van der Waals surface area contributed by atoms with Gasteiger partial charge in [-0.15, -0.1) is 0 Å². The molecule has 3 N–H and O–H groups in total. The van der Waals surface area contributed by atoms with Gasteiger partial charge in [0.05, 0.1) is 14.2 Å². The molecule has 148 valence electrons. The van der Waals surface area contributed by atoms with E-state index in [-0.39, 0.29) is 29.8 Å². The average molecular weight is 375 g/mol. The Hall–Kier alpha value is -2.28. The smallest absolute Gasteiger partial charge is 0.253 e. The zero-order chi connectivity index (χ0) is 19.4. The van der Waals surface area contributed by atoms with E-state index in [0.717, 1.165) is 32.1 Å². The first-order valence-electron chi connectivity index (χ1n) is 9.59. The van der Waals surface area contributed by atoms with Crippen molar-refractivity contribution in [3.63, 3.8) is 0 Å². The largest absolute Gasteiger partial charge is 0.493 e. The molecule has 27 heavy (non-hydrogen) atoms. The average Bonchev–Trinajstić information content (AvgIpc) is 3.14. The zero-order valence-corrected chi connectivity index (χ0v) is 16.1. The summed E-state index contributed by atoms with van der Waals surface area (Å²) in [7, 11) is 3.12. The van der Waals surface area contributed by atoms with Crippen LogP contribution in [-0.4, -0.2) is 56.1 Å². The van der Waals surface area contributed by atoms with E-state index >= 15 is 0 Å². The van der Waals surface area contributed by atoms with E-state index in [1.165, 1.54) is 0 Å². The van der Waals surface area contributed by atoms with Crippen LogP contribution in [0.4, 0.5) is 0 Å². The van der Waals surface area contributed by atoms with Crippen LogP contribution in [0.25, 0.3) is 0 Å². The molecule has 1 aromatic rings. The van der Waals surface area contributed by atoms with Gasteiger partial charge in [0.2, 0.25) is 5.91 Å². The van der Waals surface area contributed by atoms with Crippen LogP contribution in [-0.2, 0) is 4.79 Å². The van der Waals surface area contributed by atoms with Crippen LogP contribution in [0.3, 0.4) is 0 Å². The van der Waals surface area contributed by atoms with Gasteiger partial charge in [-0.25, -0.2) is 0 Å². The molecule has 2 fully saturated rings. The van der Waals surface area contributed by atoms with Gasteiger partial charge in [-0.2, -0.15) is 0 Å². The highest BCUT2D eigenvalue weighted by Gasteiger charge is 2.30. The van der Waals surface area contributed by atoms with E-state index in [0.29, 0.717) is 30.2 Å². The van der Waals surface area contributed by atoms with E-state index in [4.69, 9.17) is 15.2 Å². The number of likely N-dealkylation sites (tertiary alicyclic amines) is 1. The number of piperidine rings is 1. The van der Waals surface area contributed by atoms with Crippen LogP contribution in [0.15, 0.2) is 18.2 Å². The summed E-state index contributed by atoms with van der Waals surface area (Å²) in [6.45, 7) is 1.25. The van der Waals surface area contributed by atoms with Crippen LogP contribution in [0.2, 0.25) is 0 Å². The van der Waals surface area contributed by atoms with Crippen molar-refractivity contribution in [3.05, 3.63) is 23.8 Å².